The molecule has 0 radical (unpaired) electrons. The second-order valence-corrected chi connectivity index (χ2v) is 4.81. The number of ether oxygens (including phenoxy) is 1. The van der Waals surface area contributed by atoms with E-state index in [1.807, 2.05) is 36.4 Å². The summed E-state index contributed by atoms with van der Waals surface area (Å²) in [7, 11) is 1.62. The van der Waals surface area contributed by atoms with Gasteiger partial charge in [-0.05, 0) is 30.4 Å². The Morgan fingerprint density at radius 2 is 2.23 bits per heavy atom. The number of pyridine rings is 1. The third kappa shape index (κ3) is 2.94. The zero-order valence-corrected chi connectivity index (χ0v) is 12.6. The molecule has 0 saturated carbocycles. The van der Waals surface area contributed by atoms with Crippen LogP contribution in [0.4, 0.5) is 0 Å². The highest BCUT2D eigenvalue weighted by Gasteiger charge is 2.08. The molecule has 3 aromatic rings. The van der Waals surface area contributed by atoms with Crippen LogP contribution in [0, 0.1) is 4.77 Å². The van der Waals surface area contributed by atoms with Crippen LogP contribution in [0.1, 0.15) is 5.56 Å². The van der Waals surface area contributed by atoms with Gasteiger partial charge in [-0.1, -0.05) is 18.2 Å². The molecule has 1 aromatic carbocycles. The minimum Gasteiger partial charge on any atom is -0.497 e. The fourth-order valence-corrected chi connectivity index (χ4v) is 2.10. The van der Waals surface area contributed by atoms with Crippen molar-refractivity contribution in [3.05, 3.63) is 59.1 Å². The van der Waals surface area contributed by atoms with Gasteiger partial charge in [0.2, 0.25) is 4.77 Å². The van der Waals surface area contributed by atoms with E-state index in [2.05, 4.69) is 20.3 Å². The topological polar surface area (TPSA) is 68.1 Å². The van der Waals surface area contributed by atoms with Crippen molar-refractivity contribution in [3.8, 4) is 17.1 Å². The molecule has 1 N–H and O–H groups in total. The average Bonchev–Trinajstić information content (AvgIpc) is 2.95. The van der Waals surface area contributed by atoms with Crippen LogP contribution in [0.5, 0.6) is 5.75 Å². The summed E-state index contributed by atoms with van der Waals surface area (Å²) < 4.78 is 7.21. The van der Waals surface area contributed by atoms with Crippen molar-refractivity contribution < 1.29 is 4.74 Å². The van der Waals surface area contributed by atoms with Crippen molar-refractivity contribution in [2.24, 2.45) is 5.10 Å². The predicted molar refractivity (Wildman–Crippen MR) is 86.6 cm³/mol. The standard InChI is InChI=1S/C15H13N5OS/c1-21-13-6-2-5-12(8-13)14-18-19-15(22)20(14)17-10-11-4-3-7-16-9-11/h2-10H,1H3,(H,19,22)/b17-10-. The zero-order chi connectivity index (χ0) is 15.4. The molecule has 2 heterocycles. The number of nitrogens with zero attached hydrogens (tertiary/aromatic N) is 4. The molecule has 0 amide bonds. The maximum atomic E-state index is 5.23. The Morgan fingerprint density at radius 1 is 1.32 bits per heavy atom. The molecule has 7 heteroatoms. The Morgan fingerprint density at radius 3 is 3.00 bits per heavy atom. The smallest absolute Gasteiger partial charge is 0.216 e. The van der Waals surface area contributed by atoms with Gasteiger partial charge in [0.05, 0.1) is 13.3 Å². The van der Waals surface area contributed by atoms with E-state index in [1.165, 1.54) is 0 Å². The number of aromatic amines is 1. The van der Waals surface area contributed by atoms with Crippen molar-refractivity contribution in [1.82, 2.24) is 19.9 Å². The molecular formula is C15H13N5OS. The maximum absolute atomic E-state index is 5.23. The van der Waals surface area contributed by atoms with Crippen molar-refractivity contribution in [2.75, 3.05) is 7.11 Å². The fraction of sp³-hybridized carbons (Fsp3) is 0.0667. The molecule has 0 aliphatic carbocycles. The summed E-state index contributed by atoms with van der Waals surface area (Å²) in [6.45, 7) is 0. The van der Waals surface area contributed by atoms with Gasteiger partial charge >= 0.3 is 0 Å². The number of nitrogens with one attached hydrogen (secondary N) is 1. The van der Waals surface area contributed by atoms with E-state index in [1.54, 1.807) is 30.4 Å². The third-order valence-corrected chi connectivity index (χ3v) is 3.25. The van der Waals surface area contributed by atoms with Gasteiger partial charge in [-0.2, -0.15) is 14.9 Å². The zero-order valence-electron chi connectivity index (χ0n) is 11.8. The molecular weight excluding hydrogens is 298 g/mol. The Bertz CT molecular complexity index is 854. The molecule has 110 valence electrons. The second kappa shape index (κ2) is 6.31. The van der Waals surface area contributed by atoms with Crippen LogP contribution < -0.4 is 4.74 Å². The van der Waals surface area contributed by atoms with Crippen LogP contribution in [-0.2, 0) is 0 Å². The highest BCUT2D eigenvalue weighted by Crippen LogP contribution is 2.22. The van der Waals surface area contributed by atoms with Crippen LogP contribution in [-0.4, -0.2) is 33.2 Å². The molecule has 6 nitrogen and oxygen atoms in total. The quantitative estimate of drug-likeness (QED) is 0.594. The van der Waals surface area contributed by atoms with E-state index in [4.69, 9.17) is 17.0 Å². The van der Waals surface area contributed by atoms with Gasteiger partial charge in [0.25, 0.3) is 0 Å². The van der Waals surface area contributed by atoms with Crippen LogP contribution in [0.25, 0.3) is 11.4 Å². The van der Waals surface area contributed by atoms with Crippen LogP contribution >= 0.6 is 12.2 Å². The largest absolute Gasteiger partial charge is 0.497 e. The van der Waals surface area contributed by atoms with Gasteiger partial charge in [-0.3, -0.25) is 4.98 Å². The summed E-state index contributed by atoms with van der Waals surface area (Å²) >= 11 is 5.23. The Labute approximate surface area is 132 Å². The van der Waals surface area contributed by atoms with Crippen molar-refractivity contribution in [3.63, 3.8) is 0 Å². The van der Waals surface area contributed by atoms with Gasteiger partial charge in [0, 0.05) is 23.5 Å². The molecule has 0 atom stereocenters. The first kappa shape index (κ1) is 14.2. The highest BCUT2D eigenvalue weighted by atomic mass is 32.1. The Balaban J connectivity index is 2.01. The van der Waals surface area contributed by atoms with Crippen LogP contribution in [0.15, 0.2) is 53.9 Å². The van der Waals surface area contributed by atoms with E-state index in [9.17, 15) is 0 Å². The number of hydrogen-bond acceptors (Lipinski definition) is 5. The SMILES string of the molecule is COc1cccc(-c2n[nH]c(=S)n2/N=C\c2cccnc2)c1. The van der Waals surface area contributed by atoms with Gasteiger partial charge in [-0.15, -0.1) is 0 Å². The van der Waals surface area contributed by atoms with Gasteiger partial charge in [0.15, 0.2) is 5.82 Å². The monoisotopic (exact) mass is 311 g/mol. The minimum absolute atomic E-state index is 0.415. The molecule has 2 aromatic heterocycles. The Hall–Kier alpha value is -2.80. The first-order valence-corrected chi connectivity index (χ1v) is 6.95. The number of aromatic nitrogens is 4. The third-order valence-electron chi connectivity index (χ3n) is 2.99. The molecule has 0 unspecified atom stereocenters. The maximum Gasteiger partial charge on any atom is 0.216 e. The lowest BCUT2D eigenvalue weighted by Crippen LogP contribution is -1.95. The summed E-state index contributed by atoms with van der Waals surface area (Å²) in [5.41, 5.74) is 1.73. The van der Waals surface area contributed by atoms with Gasteiger partial charge in [-0.25, -0.2) is 5.10 Å². The van der Waals surface area contributed by atoms with Gasteiger partial charge < -0.3 is 4.74 Å². The van der Waals surface area contributed by atoms with Gasteiger partial charge in [0.1, 0.15) is 5.75 Å². The lowest BCUT2D eigenvalue weighted by molar-refractivity contribution is 0.415. The van der Waals surface area contributed by atoms with Crippen molar-refractivity contribution >= 4 is 18.4 Å². The molecule has 0 aliphatic rings. The van der Waals surface area contributed by atoms with E-state index in [0.717, 1.165) is 16.9 Å². The summed E-state index contributed by atoms with van der Waals surface area (Å²) in [6.07, 6.45) is 5.11. The molecule has 3 rings (SSSR count). The molecule has 0 spiro atoms. The molecule has 0 saturated heterocycles. The normalized spacial score (nSPS) is 11.0. The average molecular weight is 311 g/mol. The molecule has 0 aliphatic heterocycles. The highest BCUT2D eigenvalue weighted by molar-refractivity contribution is 7.71. The van der Waals surface area contributed by atoms with Crippen LogP contribution in [0.3, 0.4) is 0 Å². The first-order valence-electron chi connectivity index (χ1n) is 6.54. The summed E-state index contributed by atoms with van der Waals surface area (Å²) in [6, 6.07) is 11.3. The molecule has 0 fully saturated rings. The number of hydrogen-bond donors (Lipinski definition) is 1. The number of methoxy groups -OCH3 is 1. The second-order valence-electron chi connectivity index (χ2n) is 4.43. The fourth-order valence-electron chi connectivity index (χ4n) is 1.92. The summed E-state index contributed by atoms with van der Waals surface area (Å²) in [4.78, 5) is 4.04. The first-order chi connectivity index (χ1) is 10.8. The van der Waals surface area contributed by atoms with E-state index in [-0.39, 0.29) is 0 Å². The molecule has 22 heavy (non-hydrogen) atoms. The molecule has 0 bridgehead atoms. The number of rotatable bonds is 4. The Kier molecular flexibility index (Phi) is 4.06. The predicted octanol–water partition coefficient (Wildman–Crippen LogP) is 2.89. The summed E-state index contributed by atoms with van der Waals surface area (Å²) in [5, 5.41) is 11.4. The lowest BCUT2D eigenvalue weighted by atomic mass is 10.2. The number of benzene rings is 1. The van der Waals surface area contributed by atoms with Crippen molar-refractivity contribution in [1.29, 1.82) is 0 Å². The minimum atomic E-state index is 0.415. The van der Waals surface area contributed by atoms with E-state index in [0.29, 0.717) is 10.6 Å². The van der Waals surface area contributed by atoms with E-state index >= 15 is 0 Å². The van der Waals surface area contributed by atoms with Crippen molar-refractivity contribution in [2.45, 2.75) is 0 Å². The summed E-state index contributed by atoms with van der Waals surface area (Å²) in [5.74, 6) is 1.36. The van der Waals surface area contributed by atoms with E-state index < -0.39 is 0 Å². The lowest BCUT2D eigenvalue weighted by Gasteiger charge is -2.03. The number of H-pyrrole nitrogens is 1. The van der Waals surface area contributed by atoms with Crippen LogP contribution in [0.2, 0.25) is 0 Å².